The Kier molecular flexibility index (Phi) is 6.21. The van der Waals surface area contributed by atoms with Gasteiger partial charge in [-0.2, -0.15) is 12.6 Å². The number of carbonyl (C=O) groups is 2. The van der Waals surface area contributed by atoms with Crippen molar-refractivity contribution in [3.05, 3.63) is 29.8 Å². The molecule has 0 saturated carbocycles. The Hall–Kier alpha value is -1.69. The minimum absolute atomic E-state index is 0.125. The normalized spacial score (nSPS) is 11.5. The average Bonchev–Trinajstić information content (AvgIpc) is 2.42. The quantitative estimate of drug-likeness (QED) is 0.608. The Bertz CT molecular complexity index is 450. The van der Waals surface area contributed by atoms with Crippen LogP contribution in [0.1, 0.15) is 12.5 Å². The lowest BCUT2D eigenvalue weighted by Crippen LogP contribution is -2.42. The van der Waals surface area contributed by atoms with Crippen LogP contribution in [0.2, 0.25) is 0 Å². The molecule has 0 saturated heterocycles. The van der Waals surface area contributed by atoms with Crippen molar-refractivity contribution in [2.75, 3.05) is 12.9 Å². The third kappa shape index (κ3) is 5.21. The number of hydrogen-bond donors (Lipinski definition) is 2. The van der Waals surface area contributed by atoms with Crippen LogP contribution in [0.25, 0.3) is 0 Å². The maximum absolute atomic E-state index is 11.7. The van der Waals surface area contributed by atoms with Crippen LogP contribution in [-0.2, 0) is 20.9 Å². The van der Waals surface area contributed by atoms with Crippen molar-refractivity contribution >= 4 is 24.5 Å². The molecule has 0 aliphatic heterocycles. The van der Waals surface area contributed by atoms with Crippen LogP contribution < -0.4 is 10.1 Å². The lowest BCUT2D eigenvalue weighted by atomic mass is 10.2. The molecule has 1 aromatic rings. The van der Waals surface area contributed by atoms with E-state index in [2.05, 4.69) is 17.9 Å². The van der Waals surface area contributed by atoms with Crippen molar-refractivity contribution in [3.8, 4) is 5.75 Å². The molecular weight excluding hydrogens is 266 g/mol. The first-order valence-electron chi connectivity index (χ1n) is 5.74. The molecule has 0 heterocycles. The molecule has 104 valence electrons. The molecule has 19 heavy (non-hydrogen) atoms. The van der Waals surface area contributed by atoms with Gasteiger partial charge in [-0.3, -0.25) is 4.79 Å². The monoisotopic (exact) mass is 283 g/mol. The van der Waals surface area contributed by atoms with Crippen molar-refractivity contribution < 1.29 is 19.1 Å². The van der Waals surface area contributed by atoms with Gasteiger partial charge in [0.25, 0.3) is 0 Å². The molecule has 1 amide bonds. The summed E-state index contributed by atoms with van der Waals surface area (Å²) in [6.45, 7) is 1.46. The second-order valence-corrected chi connectivity index (χ2v) is 4.26. The van der Waals surface area contributed by atoms with Gasteiger partial charge >= 0.3 is 5.97 Å². The predicted molar refractivity (Wildman–Crippen MR) is 74.2 cm³/mol. The number of esters is 1. The maximum Gasteiger partial charge on any atom is 0.329 e. The van der Waals surface area contributed by atoms with Crippen LogP contribution in [0.3, 0.4) is 0 Å². The number of carbonyl (C=O) groups excluding carboxylic acids is 2. The molecule has 1 atom stereocenters. The first-order valence-corrected chi connectivity index (χ1v) is 6.37. The summed E-state index contributed by atoms with van der Waals surface area (Å²) in [4.78, 5) is 22.6. The number of nitrogens with one attached hydrogen (secondary N) is 1. The Labute approximate surface area is 117 Å². The molecule has 6 heteroatoms. The lowest BCUT2D eigenvalue weighted by molar-refractivity contribution is -0.148. The number of thiol groups is 1. The van der Waals surface area contributed by atoms with Crippen LogP contribution in [0.4, 0.5) is 0 Å². The van der Waals surface area contributed by atoms with E-state index in [-0.39, 0.29) is 18.3 Å². The highest BCUT2D eigenvalue weighted by Gasteiger charge is 2.19. The third-order valence-electron chi connectivity index (χ3n) is 2.36. The van der Waals surface area contributed by atoms with E-state index in [1.165, 1.54) is 6.92 Å². The van der Waals surface area contributed by atoms with E-state index in [1.807, 2.05) is 12.1 Å². The van der Waals surface area contributed by atoms with Gasteiger partial charge in [0, 0.05) is 12.7 Å². The van der Waals surface area contributed by atoms with E-state index in [0.29, 0.717) is 5.75 Å². The first kappa shape index (κ1) is 15.4. The van der Waals surface area contributed by atoms with Crippen LogP contribution in [0, 0.1) is 0 Å². The molecule has 5 nitrogen and oxygen atoms in total. The summed E-state index contributed by atoms with van der Waals surface area (Å²) in [5.74, 6) is 0.0860. The number of rotatable bonds is 6. The zero-order valence-corrected chi connectivity index (χ0v) is 11.8. The fraction of sp³-hybridized carbons (Fsp3) is 0.385. The number of benzene rings is 1. The van der Waals surface area contributed by atoms with Gasteiger partial charge in [-0.1, -0.05) is 12.1 Å². The smallest absolute Gasteiger partial charge is 0.329 e. The second-order valence-electron chi connectivity index (χ2n) is 3.89. The van der Waals surface area contributed by atoms with E-state index in [1.54, 1.807) is 19.2 Å². The molecule has 0 fully saturated rings. The Morgan fingerprint density at radius 1 is 1.42 bits per heavy atom. The fourth-order valence-corrected chi connectivity index (χ4v) is 1.68. The summed E-state index contributed by atoms with van der Waals surface area (Å²) in [7, 11) is 1.57. The lowest BCUT2D eigenvalue weighted by Gasteiger charge is -2.14. The molecule has 0 bridgehead atoms. The number of hydrogen-bond acceptors (Lipinski definition) is 5. The number of amides is 1. The van der Waals surface area contributed by atoms with E-state index < -0.39 is 12.0 Å². The molecule has 1 aromatic carbocycles. The molecule has 0 unspecified atom stereocenters. The third-order valence-corrected chi connectivity index (χ3v) is 2.72. The minimum atomic E-state index is -0.730. The number of methoxy groups -OCH3 is 1. The Morgan fingerprint density at radius 3 is 2.74 bits per heavy atom. The average molecular weight is 283 g/mol. The molecular formula is C13H17NO4S. The van der Waals surface area contributed by atoms with Gasteiger partial charge in [0.2, 0.25) is 5.91 Å². The fourth-order valence-electron chi connectivity index (χ4n) is 1.44. The van der Waals surface area contributed by atoms with Crippen LogP contribution >= 0.6 is 12.6 Å². The van der Waals surface area contributed by atoms with Crippen LogP contribution in [0.5, 0.6) is 5.75 Å². The molecule has 0 radical (unpaired) electrons. The molecule has 0 spiro atoms. The minimum Gasteiger partial charge on any atom is -0.497 e. The van der Waals surface area contributed by atoms with Gasteiger partial charge in [-0.15, -0.1) is 0 Å². The topological polar surface area (TPSA) is 64.6 Å². The standard InChI is InChI=1S/C13H17NO4S/c1-9(15)14-12(8-19)13(16)18-7-10-4-3-5-11(6-10)17-2/h3-6,12,19H,7-8H2,1-2H3,(H,14,15)/t12-/m0/s1. The summed E-state index contributed by atoms with van der Waals surface area (Å²) < 4.78 is 10.2. The molecule has 0 aliphatic rings. The molecule has 0 aliphatic carbocycles. The summed E-state index contributed by atoms with van der Waals surface area (Å²) in [5.41, 5.74) is 0.813. The number of ether oxygens (including phenoxy) is 2. The summed E-state index contributed by atoms with van der Waals surface area (Å²) >= 11 is 4.01. The van der Waals surface area contributed by atoms with Gasteiger partial charge in [-0.05, 0) is 17.7 Å². The van der Waals surface area contributed by atoms with Gasteiger partial charge < -0.3 is 14.8 Å². The maximum atomic E-state index is 11.7. The van der Waals surface area contributed by atoms with Crippen LogP contribution in [0.15, 0.2) is 24.3 Å². The van der Waals surface area contributed by atoms with Crippen LogP contribution in [-0.4, -0.2) is 30.8 Å². The molecule has 0 aromatic heterocycles. The zero-order valence-electron chi connectivity index (χ0n) is 10.9. The predicted octanol–water partition coefficient (Wildman–Crippen LogP) is 1.17. The highest BCUT2D eigenvalue weighted by Crippen LogP contribution is 2.13. The Balaban J connectivity index is 2.54. The first-order chi connectivity index (χ1) is 9.06. The van der Waals surface area contributed by atoms with Gasteiger partial charge in [0.1, 0.15) is 18.4 Å². The van der Waals surface area contributed by atoms with Crippen molar-refractivity contribution in [1.29, 1.82) is 0 Å². The highest BCUT2D eigenvalue weighted by molar-refractivity contribution is 7.80. The van der Waals surface area contributed by atoms with Crippen molar-refractivity contribution in [1.82, 2.24) is 5.32 Å². The van der Waals surface area contributed by atoms with E-state index >= 15 is 0 Å². The van der Waals surface area contributed by atoms with Crippen molar-refractivity contribution in [2.45, 2.75) is 19.6 Å². The van der Waals surface area contributed by atoms with Crippen molar-refractivity contribution in [3.63, 3.8) is 0 Å². The van der Waals surface area contributed by atoms with Gasteiger partial charge in [0.05, 0.1) is 7.11 Å². The zero-order chi connectivity index (χ0) is 14.3. The molecule has 1 N–H and O–H groups in total. The van der Waals surface area contributed by atoms with E-state index in [9.17, 15) is 9.59 Å². The summed E-state index contributed by atoms with van der Waals surface area (Å²) in [5, 5.41) is 2.47. The summed E-state index contributed by atoms with van der Waals surface area (Å²) in [6.07, 6.45) is 0. The largest absolute Gasteiger partial charge is 0.497 e. The van der Waals surface area contributed by atoms with Crippen molar-refractivity contribution in [2.24, 2.45) is 0 Å². The van der Waals surface area contributed by atoms with Gasteiger partial charge in [0.15, 0.2) is 0 Å². The van der Waals surface area contributed by atoms with E-state index in [4.69, 9.17) is 9.47 Å². The van der Waals surface area contributed by atoms with Gasteiger partial charge in [-0.25, -0.2) is 4.79 Å². The Morgan fingerprint density at radius 2 is 2.16 bits per heavy atom. The highest BCUT2D eigenvalue weighted by atomic mass is 32.1. The SMILES string of the molecule is COc1cccc(COC(=O)[C@H](CS)NC(C)=O)c1. The second kappa shape index (κ2) is 7.68. The van der Waals surface area contributed by atoms with E-state index in [0.717, 1.165) is 5.56 Å². The molecule has 1 rings (SSSR count). The summed E-state index contributed by atoms with van der Waals surface area (Å²) in [6, 6.07) is 6.49.